The average Bonchev–Trinajstić information content (AvgIpc) is 2.14. The predicted molar refractivity (Wildman–Crippen MR) is 50.4 cm³/mol. The second-order valence-corrected chi connectivity index (χ2v) is 3.04. The van der Waals surface area contributed by atoms with Crippen LogP contribution < -0.4 is 5.32 Å². The van der Waals surface area contributed by atoms with Crippen LogP contribution in [0.2, 0.25) is 0 Å². The summed E-state index contributed by atoms with van der Waals surface area (Å²) in [6.45, 7) is 4.54. The number of unbranched alkanes of at least 4 members (excludes halogenated alkanes) is 1. The first-order chi connectivity index (χ1) is 6.20. The number of carbonyl (C=O) groups is 1. The second kappa shape index (κ2) is 8.01. The van der Waals surface area contributed by atoms with Gasteiger partial charge in [0.05, 0.1) is 19.8 Å². The smallest absolute Gasteiger partial charge is 0.319 e. The Morgan fingerprint density at radius 3 is 2.85 bits per heavy atom. The van der Waals surface area contributed by atoms with Crippen molar-refractivity contribution in [3.05, 3.63) is 0 Å². The maximum atomic E-state index is 11.0. The standard InChI is InChI=1S/C9H19NO3/c1-3-4-5-13-9(12)6-10-8(2)7-11/h8,10-11H,3-7H2,1-2H3. The van der Waals surface area contributed by atoms with E-state index in [1.807, 2.05) is 6.92 Å². The van der Waals surface area contributed by atoms with Crippen molar-refractivity contribution >= 4 is 5.97 Å². The van der Waals surface area contributed by atoms with Crippen molar-refractivity contribution in [2.45, 2.75) is 32.7 Å². The number of carbonyl (C=O) groups excluding carboxylic acids is 1. The van der Waals surface area contributed by atoms with Gasteiger partial charge in [0.1, 0.15) is 0 Å². The fourth-order valence-electron chi connectivity index (χ4n) is 0.703. The van der Waals surface area contributed by atoms with Crippen LogP contribution in [0.5, 0.6) is 0 Å². The minimum absolute atomic E-state index is 0.0300. The predicted octanol–water partition coefficient (Wildman–Crippen LogP) is 0.300. The minimum atomic E-state index is -0.256. The van der Waals surface area contributed by atoms with E-state index in [0.29, 0.717) is 6.61 Å². The highest BCUT2D eigenvalue weighted by Crippen LogP contribution is 1.88. The molecule has 2 N–H and O–H groups in total. The number of aliphatic hydroxyl groups excluding tert-OH is 1. The molecular weight excluding hydrogens is 170 g/mol. The fraction of sp³-hybridized carbons (Fsp3) is 0.889. The Hall–Kier alpha value is -0.610. The molecule has 1 atom stereocenters. The van der Waals surface area contributed by atoms with Crippen molar-refractivity contribution in [2.24, 2.45) is 0 Å². The molecule has 0 heterocycles. The van der Waals surface area contributed by atoms with E-state index in [9.17, 15) is 4.79 Å². The second-order valence-electron chi connectivity index (χ2n) is 3.04. The molecule has 0 saturated carbocycles. The highest BCUT2D eigenvalue weighted by atomic mass is 16.5. The van der Waals surface area contributed by atoms with E-state index in [1.165, 1.54) is 0 Å². The van der Waals surface area contributed by atoms with Gasteiger partial charge in [-0.25, -0.2) is 0 Å². The lowest BCUT2D eigenvalue weighted by atomic mass is 10.3. The van der Waals surface area contributed by atoms with Crippen LogP contribution in [0.4, 0.5) is 0 Å². The summed E-state index contributed by atoms with van der Waals surface area (Å²) in [6.07, 6.45) is 1.93. The van der Waals surface area contributed by atoms with Crippen molar-refractivity contribution in [3.63, 3.8) is 0 Å². The molecule has 4 heteroatoms. The molecule has 0 spiro atoms. The summed E-state index contributed by atoms with van der Waals surface area (Å²) in [6, 6.07) is -0.0567. The molecule has 0 rings (SSSR count). The first kappa shape index (κ1) is 12.4. The Labute approximate surface area is 79.3 Å². The zero-order chi connectivity index (χ0) is 10.1. The fourth-order valence-corrected chi connectivity index (χ4v) is 0.703. The summed E-state index contributed by atoms with van der Waals surface area (Å²) in [5.41, 5.74) is 0. The van der Waals surface area contributed by atoms with E-state index in [-0.39, 0.29) is 25.2 Å². The van der Waals surface area contributed by atoms with Crippen molar-refractivity contribution in [1.82, 2.24) is 5.32 Å². The molecule has 4 nitrogen and oxygen atoms in total. The Kier molecular flexibility index (Phi) is 7.63. The molecule has 0 fully saturated rings. The third-order valence-electron chi connectivity index (χ3n) is 1.63. The largest absolute Gasteiger partial charge is 0.465 e. The molecule has 13 heavy (non-hydrogen) atoms. The number of rotatable bonds is 7. The monoisotopic (exact) mass is 189 g/mol. The normalized spacial score (nSPS) is 12.5. The van der Waals surface area contributed by atoms with Crippen LogP contribution in [0.25, 0.3) is 0 Å². The first-order valence-electron chi connectivity index (χ1n) is 4.70. The summed E-state index contributed by atoms with van der Waals surface area (Å²) in [4.78, 5) is 11.0. The average molecular weight is 189 g/mol. The van der Waals surface area contributed by atoms with E-state index in [1.54, 1.807) is 6.92 Å². The summed E-state index contributed by atoms with van der Waals surface area (Å²) < 4.78 is 4.89. The van der Waals surface area contributed by atoms with E-state index in [0.717, 1.165) is 12.8 Å². The molecule has 0 amide bonds. The first-order valence-corrected chi connectivity index (χ1v) is 4.70. The van der Waals surface area contributed by atoms with Crippen LogP contribution in [-0.2, 0) is 9.53 Å². The lowest BCUT2D eigenvalue weighted by Crippen LogP contribution is -2.34. The van der Waals surface area contributed by atoms with Gasteiger partial charge in [-0.1, -0.05) is 13.3 Å². The molecule has 0 aromatic rings. The van der Waals surface area contributed by atoms with Gasteiger partial charge < -0.3 is 15.2 Å². The van der Waals surface area contributed by atoms with E-state index < -0.39 is 0 Å². The Bertz CT molecular complexity index is 139. The molecule has 78 valence electrons. The highest BCUT2D eigenvalue weighted by molar-refractivity contribution is 5.71. The minimum Gasteiger partial charge on any atom is -0.465 e. The van der Waals surface area contributed by atoms with Gasteiger partial charge in [-0.2, -0.15) is 0 Å². The lowest BCUT2D eigenvalue weighted by Gasteiger charge is -2.09. The van der Waals surface area contributed by atoms with Crippen molar-refractivity contribution in [3.8, 4) is 0 Å². The van der Waals surface area contributed by atoms with Crippen molar-refractivity contribution in [1.29, 1.82) is 0 Å². The van der Waals surface area contributed by atoms with E-state index in [4.69, 9.17) is 9.84 Å². The van der Waals surface area contributed by atoms with Crippen LogP contribution in [0.1, 0.15) is 26.7 Å². The van der Waals surface area contributed by atoms with Crippen LogP contribution in [0.3, 0.4) is 0 Å². The van der Waals surface area contributed by atoms with Gasteiger partial charge in [0.15, 0.2) is 0 Å². The third-order valence-corrected chi connectivity index (χ3v) is 1.63. The lowest BCUT2D eigenvalue weighted by molar-refractivity contribution is -0.142. The molecule has 0 radical (unpaired) electrons. The third kappa shape index (κ3) is 7.74. The zero-order valence-corrected chi connectivity index (χ0v) is 8.38. The van der Waals surface area contributed by atoms with Crippen molar-refractivity contribution < 1.29 is 14.6 Å². The molecule has 1 unspecified atom stereocenters. The molecular formula is C9H19NO3. The van der Waals surface area contributed by atoms with Gasteiger partial charge in [-0.3, -0.25) is 4.79 Å². The van der Waals surface area contributed by atoms with Gasteiger partial charge >= 0.3 is 5.97 Å². The number of ether oxygens (including phenoxy) is 1. The van der Waals surface area contributed by atoms with Gasteiger partial charge in [0, 0.05) is 6.04 Å². The molecule has 0 aromatic carbocycles. The number of esters is 1. The maximum absolute atomic E-state index is 11.0. The maximum Gasteiger partial charge on any atom is 0.319 e. The zero-order valence-electron chi connectivity index (χ0n) is 8.38. The number of hydrogen-bond donors (Lipinski definition) is 2. The van der Waals surface area contributed by atoms with Crippen LogP contribution in [0, 0.1) is 0 Å². The quantitative estimate of drug-likeness (QED) is 0.447. The van der Waals surface area contributed by atoms with Gasteiger partial charge in [-0.05, 0) is 13.3 Å². The Morgan fingerprint density at radius 1 is 1.62 bits per heavy atom. The molecule has 0 aliphatic heterocycles. The number of hydrogen-bond acceptors (Lipinski definition) is 4. The summed E-state index contributed by atoms with van der Waals surface area (Å²) in [5.74, 6) is -0.256. The summed E-state index contributed by atoms with van der Waals surface area (Å²) >= 11 is 0. The summed E-state index contributed by atoms with van der Waals surface area (Å²) in [5, 5.41) is 11.5. The van der Waals surface area contributed by atoms with Gasteiger partial charge in [-0.15, -0.1) is 0 Å². The SMILES string of the molecule is CCCCOC(=O)CNC(C)CO. The van der Waals surface area contributed by atoms with E-state index in [2.05, 4.69) is 5.32 Å². The Morgan fingerprint density at radius 2 is 2.31 bits per heavy atom. The molecule has 0 saturated heterocycles. The topological polar surface area (TPSA) is 58.6 Å². The molecule has 0 aliphatic rings. The molecule has 0 bridgehead atoms. The van der Waals surface area contributed by atoms with Gasteiger partial charge in [0.2, 0.25) is 0 Å². The number of aliphatic hydroxyl groups is 1. The Balaban J connectivity index is 3.30. The van der Waals surface area contributed by atoms with Crippen LogP contribution in [-0.4, -0.2) is 36.9 Å². The highest BCUT2D eigenvalue weighted by Gasteiger charge is 2.04. The number of nitrogens with one attached hydrogen (secondary N) is 1. The van der Waals surface area contributed by atoms with Crippen molar-refractivity contribution in [2.75, 3.05) is 19.8 Å². The molecule has 0 aromatic heterocycles. The van der Waals surface area contributed by atoms with Crippen LogP contribution >= 0.6 is 0 Å². The van der Waals surface area contributed by atoms with Gasteiger partial charge in [0.25, 0.3) is 0 Å². The van der Waals surface area contributed by atoms with E-state index >= 15 is 0 Å². The summed E-state index contributed by atoms with van der Waals surface area (Å²) in [7, 11) is 0. The molecule has 0 aliphatic carbocycles. The van der Waals surface area contributed by atoms with Crippen LogP contribution in [0.15, 0.2) is 0 Å².